The van der Waals surface area contributed by atoms with Crippen molar-refractivity contribution in [3.63, 3.8) is 0 Å². The Morgan fingerprint density at radius 2 is 2.05 bits per heavy atom. The van der Waals surface area contributed by atoms with Crippen LogP contribution < -0.4 is 10.6 Å². The fraction of sp³-hybridized carbons (Fsp3) is 0.417. The van der Waals surface area contributed by atoms with Crippen LogP contribution >= 0.6 is 0 Å². The van der Waals surface area contributed by atoms with Crippen molar-refractivity contribution in [3.8, 4) is 0 Å². The third kappa shape index (κ3) is 5.03. The highest BCUT2D eigenvalue weighted by Gasteiger charge is 2.33. The first-order chi connectivity index (χ1) is 9.75. The molecule has 0 aliphatic carbocycles. The van der Waals surface area contributed by atoms with Gasteiger partial charge in [-0.05, 0) is 32.1 Å². The van der Waals surface area contributed by atoms with Crippen LogP contribution in [0, 0.1) is 10.1 Å². The van der Waals surface area contributed by atoms with Gasteiger partial charge in [0.05, 0.1) is 10.5 Å². The van der Waals surface area contributed by atoms with Gasteiger partial charge in [-0.3, -0.25) is 14.9 Å². The Bertz CT molecular complexity index is 532. The summed E-state index contributed by atoms with van der Waals surface area (Å²) in [5.41, 5.74) is -2.17. The number of nitro benzene ring substituents is 1. The number of rotatable bonds is 6. The average Bonchev–Trinajstić information content (AvgIpc) is 2.37. The molecule has 0 aromatic heterocycles. The van der Waals surface area contributed by atoms with Gasteiger partial charge in [0, 0.05) is 12.5 Å². The first-order valence-corrected chi connectivity index (χ1v) is 6.05. The predicted molar refractivity (Wildman–Crippen MR) is 69.9 cm³/mol. The minimum atomic E-state index is -4.68. The van der Waals surface area contributed by atoms with Crippen molar-refractivity contribution in [1.82, 2.24) is 5.32 Å². The lowest BCUT2D eigenvalue weighted by molar-refractivity contribution is -0.384. The molecule has 0 saturated carbocycles. The molecule has 0 aliphatic heterocycles. The summed E-state index contributed by atoms with van der Waals surface area (Å²) >= 11 is 0. The second-order valence-corrected chi connectivity index (χ2v) is 4.24. The van der Waals surface area contributed by atoms with E-state index in [4.69, 9.17) is 0 Å². The highest BCUT2D eigenvalue weighted by Crippen LogP contribution is 2.34. The number of carbonyl (C=O) groups is 1. The molecule has 116 valence electrons. The van der Waals surface area contributed by atoms with Gasteiger partial charge in [-0.2, -0.15) is 13.2 Å². The molecule has 0 fully saturated rings. The van der Waals surface area contributed by atoms with Crippen LogP contribution in [0.3, 0.4) is 0 Å². The molecular weight excluding hydrogens is 291 g/mol. The van der Waals surface area contributed by atoms with E-state index in [2.05, 4.69) is 10.6 Å². The van der Waals surface area contributed by atoms with Gasteiger partial charge < -0.3 is 10.6 Å². The maximum atomic E-state index is 12.5. The molecule has 1 aromatic carbocycles. The third-order valence-corrected chi connectivity index (χ3v) is 2.63. The largest absolute Gasteiger partial charge is 0.416 e. The first kappa shape index (κ1) is 16.9. The van der Waals surface area contributed by atoms with E-state index in [0.717, 1.165) is 6.07 Å². The van der Waals surface area contributed by atoms with Crippen molar-refractivity contribution < 1.29 is 22.9 Å². The second kappa shape index (κ2) is 7.02. The SMILES string of the molecule is CNCCCC(=O)Nc1ccc(C(F)(F)F)cc1[N+](=O)[O-]. The minimum Gasteiger partial charge on any atom is -0.320 e. The van der Waals surface area contributed by atoms with Crippen molar-refractivity contribution in [2.75, 3.05) is 18.9 Å². The Morgan fingerprint density at radius 1 is 1.38 bits per heavy atom. The fourth-order valence-electron chi connectivity index (χ4n) is 1.60. The van der Waals surface area contributed by atoms with E-state index in [-0.39, 0.29) is 12.1 Å². The van der Waals surface area contributed by atoms with Gasteiger partial charge in [0.25, 0.3) is 5.69 Å². The van der Waals surface area contributed by atoms with Crippen molar-refractivity contribution in [1.29, 1.82) is 0 Å². The molecule has 0 heterocycles. The molecule has 1 aromatic rings. The van der Waals surface area contributed by atoms with Crippen LogP contribution in [0.4, 0.5) is 24.5 Å². The molecule has 1 amide bonds. The average molecular weight is 305 g/mol. The predicted octanol–water partition coefficient (Wildman–Crippen LogP) is 2.55. The van der Waals surface area contributed by atoms with Crippen molar-refractivity contribution in [2.45, 2.75) is 19.0 Å². The summed E-state index contributed by atoms with van der Waals surface area (Å²) in [6.07, 6.45) is -4.06. The number of benzene rings is 1. The van der Waals surface area contributed by atoms with Gasteiger partial charge in [-0.25, -0.2) is 0 Å². The molecule has 0 saturated heterocycles. The molecule has 0 spiro atoms. The number of halogens is 3. The van der Waals surface area contributed by atoms with Crippen LogP contribution in [0.15, 0.2) is 18.2 Å². The standard InChI is InChI=1S/C12H14F3N3O3/c1-16-6-2-3-11(19)17-9-5-4-8(12(13,14)15)7-10(9)18(20)21/h4-5,7,16H,2-3,6H2,1H3,(H,17,19). The van der Waals surface area contributed by atoms with E-state index in [1.165, 1.54) is 0 Å². The molecule has 9 heteroatoms. The van der Waals surface area contributed by atoms with Crippen LogP contribution in [0.2, 0.25) is 0 Å². The molecule has 1 rings (SSSR count). The maximum Gasteiger partial charge on any atom is 0.416 e. The summed E-state index contributed by atoms with van der Waals surface area (Å²) in [6, 6.07) is 1.98. The van der Waals surface area contributed by atoms with E-state index in [1.807, 2.05) is 0 Å². The Morgan fingerprint density at radius 3 is 2.57 bits per heavy atom. The molecular formula is C12H14F3N3O3. The number of hydrogen-bond acceptors (Lipinski definition) is 4. The summed E-state index contributed by atoms with van der Waals surface area (Å²) in [6.45, 7) is 0.586. The number of nitrogens with zero attached hydrogens (tertiary/aromatic N) is 1. The van der Waals surface area contributed by atoms with Gasteiger partial charge in [-0.15, -0.1) is 0 Å². The smallest absolute Gasteiger partial charge is 0.320 e. The minimum absolute atomic E-state index is 0.110. The highest BCUT2D eigenvalue weighted by atomic mass is 19.4. The van der Waals surface area contributed by atoms with Crippen LogP contribution in [0.25, 0.3) is 0 Å². The van der Waals surface area contributed by atoms with Gasteiger partial charge in [0.2, 0.25) is 5.91 Å². The van der Waals surface area contributed by atoms with Crippen molar-refractivity contribution >= 4 is 17.3 Å². The zero-order valence-electron chi connectivity index (χ0n) is 11.2. The summed E-state index contributed by atoms with van der Waals surface area (Å²) < 4.78 is 37.5. The number of nitrogens with one attached hydrogen (secondary N) is 2. The normalized spacial score (nSPS) is 11.2. The van der Waals surface area contributed by atoms with Crippen LogP contribution in [0.5, 0.6) is 0 Å². The third-order valence-electron chi connectivity index (χ3n) is 2.63. The van der Waals surface area contributed by atoms with Gasteiger partial charge in [-0.1, -0.05) is 0 Å². The lowest BCUT2D eigenvalue weighted by Crippen LogP contribution is -2.16. The van der Waals surface area contributed by atoms with Crippen molar-refractivity contribution in [3.05, 3.63) is 33.9 Å². The van der Waals surface area contributed by atoms with Crippen LogP contribution in [0.1, 0.15) is 18.4 Å². The zero-order valence-corrected chi connectivity index (χ0v) is 11.2. The first-order valence-electron chi connectivity index (χ1n) is 6.05. The van der Waals surface area contributed by atoms with Gasteiger partial charge in [0.1, 0.15) is 5.69 Å². The number of alkyl halides is 3. The Labute approximate surface area is 118 Å². The van der Waals surface area contributed by atoms with E-state index in [1.54, 1.807) is 7.05 Å². The topological polar surface area (TPSA) is 84.3 Å². The summed E-state index contributed by atoms with van der Waals surface area (Å²) in [5.74, 6) is -0.492. The summed E-state index contributed by atoms with van der Waals surface area (Å²) in [7, 11) is 1.71. The Balaban J connectivity index is 2.92. The quantitative estimate of drug-likeness (QED) is 0.480. The van der Waals surface area contributed by atoms with E-state index in [0.29, 0.717) is 25.1 Å². The van der Waals surface area contributed by atoms with E-state index in [9.17, 15) is 28.1 Å². The summed E-state index contributed by atoms with van der Waals surface area (Å²) in [5, 5.41) is 15.9. The lowest BCUT2D eigenvalue weighted by atomic mass is 10.1. The number of anilines is 1. The van der Waals surface area contributed by atoms with Crippen LogP contribution in [-0.4, -0.2) is 24.4 Å². The molecule has 2 N–H and O–H groups in total. The van der Waals surface area contributed by atoms with Crippen LogP contribution in [-0.2, 0) is 11.0 Å². The molecule has 0 aliphatic rings. The number of hydrogen-bond donors (Lipinski definition) is 2. The maximum absolute atomic E-state index is 12.5. The Hall–Kier alpha value is -2.16. The Kier molecular flexibility index (Phi) is 5.65. The monoisotopic (exact) mass is 305 g/mol. The van der Waals surface area contributed by atoms with Gasteiger partial charge >= 0.3 is 6.18 Å². The lowest BCUT2D eigenvalue weighted by Gasteiger charge is -2.10. The fourth-order valence-corrected chi connectivity index (χ4v) is 1.60. The van der Waals surface area contributed by atoms with E-state index >= 15 is 0 Å². The van der Waals surface area contributed by atoms with Crippen molar-refractivity contribution in [2.24, 2.45) is 0 Å². The highest BCUT2D eigenvalue weighted by molar-refractivity contribution is 5.93. The second-order valence-electron chi connectivity index (χ2n) is 4.24. The number of amides is 1. The molecule has 0 radical (unpaired) electrons. The van der Waals surface area contributed by atoms with E-state index < -0.39 is 28.3 Å². The molecule has 0 atom stereocenters. The molecule has 0 unspecified atom stereocenters. The molecule has 21 heavy (non-hydrogen) atoms. The van der Waals surface area contributed by atoms with Gasteiger partial charge in [0.15, 0.2) is 0 Å². The number of carbonyl (C=O) groups excluding carboxylic acids is 1. The summed E-state index contributed by atoms with van der Waals surface area (Å²) in [4.78, 5) is 21.4. The molecule has 0 bridgehead atoms. The number of nitro groups is 1. The zero-order chi connectivity index (χ0) is 16.0. The molecule has 6 nitrogen and oxygen atoms in total.